The minimum Gasteiger partial charge on any atom is -0.420 e. The van der Waals surface area contributed by atoms with Crippen LogP contribution in [0.2, 0.25) is 5.02 Å². The molecule has 158 valence electrons. The number of aromatic nitrogens is 6. The second-order valence-corrected chi connectivity index (χ2v) is 8.03. The van der Waals surface area contributed by atoms with Crippen LogP contribution in [0.5, 0.6) is 0 Å². The van der Waals surface area contributed by atoms with E-state index in [1.165, 1.54) is 23.9 Å². The standard InChI is InChI=1S/C22H14ClFN6OS/c23-16-3-1-15(2-4-16)21-28-26-19(31-21)13-32-22-29-27-20(14-9-11-25-12-10-14)30(22)18-7-5-17(24)6-8-18/h1-12H,13H2. The number of pyridine rings is 1. The number of halogens is 2. The minimum absolute atomic E-state index is 0.318. The minimum atomic E-state index is -0.318. The fourth-order valence-corrected chi connectivity index (χ4v) is 3.94. The highest BCUT2D eigenvalue weighted by atomic mass is 35.5. The van der Waals surface area contributed by atoms with E-state index in [0.29, 0.717) is 33.5 Å². The number of hydrogen-bond acceptors (Lipinski definition) is 7. The zero-order valence-electron chi connectivity index (χ0n) is 16.4. The number of thioether (sulfide) groups is 1. The summed E-state index contributed by atoms with van der Waals surface area (Å²) in [6, 6.07) is 17.0. The third-order valence-corrected chi connectivity index (χ3v) is 5.71. The van der Waals surface area contributed by atoms with Crippen LogP contribution in [0.25, 0.3) is 28.5 Å². The third kappa shape index (κ3) is 4.25. The first-order valence-corrected chi connectivity index (χ1v) is 10.9. The van der Waals surface area contributed by atoms with E-state index in [4.69, 9.17) is 16.0 Å². The summed E-state index contributed by atoms with van der Waals surface area (Å²) in [5, 5.41) is 18.2. The Morgan fingerprint density at radius 2 is 1.59 bits per heavy atom. The van der Waals surface area contributed by atoms with Crippen molar-refractivity contribution >= 4 is 23.4 Å². The second kappa shape index (κ2) is 8.89. The lowest BCUT2D eigenvalue weighted by Crippen LogP contribution is -2.00. The van der Waals surface area contributed by atoms with Gasteiger partial charge in [0.05, 0.1) is 5.75 Å². The lowest BCUT2D eigenvalue weighted by atomic mass is 10.2. The summed E-state index contributed by atoms with van der Waals surface area (Å²) in [5.74, 6) is 1.54. The van der Waals surface area contributed by atoms with E-state index in [9.17, 15) is 4.39 Å². The van der Waals surface area contributed by atoms with Crippen LogP contribution in [0.15, 0.2) is 82.6 Å². The van der Waals surface area contributed by atoms with Gasteiger partial charge in [-0.05, 0) is 60.7 Å². The quantitative estimate of drug-likeness (QED) is 0.308. The zero-order valence-corrected chi connectivity index (χ0v) is 18.0. The van der Waals surface area contributed by atoms with Crippen molar-refractivity contribution < 1.29 is 8.81 Å². The molecular formula is C22H14ClFN6OS. The van der Waals surface area contributed by atoms with Crippen LogP contribution in [0.1, 0.15) is 5.89 Å². The van der Waals surface area contributed by atoms with Crippen molar-refractivity contribution in [1.82, 2.24) is 29.9 Å². The first-order chi connectivity index (χ1) is 15.7. The van der Waals surface area contributed by atoms with E-state index in [2.05, 4.69) is 25.4 Å². The first-order valence-electron chi connectivity index (χ1n) is 9.50. The molecule has 0 radical (unpaired) electrons. The van der Waals surface area contributed by atoms with Crippen molar-refractivity contribution in [3.8, 4) is 28.5 Å². The Labute approximate surface area is 191 Å². The lowest BCUT2D eigenvalue weighted by molar-refractivity contribution is 0.528. The molecule has 10 heteroatoms. The van der Waals surface area contributed by atoms with E-state index in [-0.39, 0.29) is 5.82 Å². The van der Waals surface area contributed by atoms with Gasteiger partial charge in [-0.2, -0.15) is 0 Å². The number of hydrogen-bond donors (Lipinski definition) is 0. The Balaban J connectivity index is 1.43. The molecule has 0 saturated carbocycles. The van der Waals surface area contributed by atoms with E-state index < -0.39 is 0 Å². The summed E-state index contributed by atoms with van der Waals surface area (Å²) in [7, 11) is 0. The fourth-order valence-electron chi connectivity index (χ4n) is 3.02. The molecule has 0 aliphatic heterocycles. The number of nitrogens with zero attached hydrogens (tertiary/aromatic N) is 6. The van der Waals surface area contributed by atoms with Crippen molar-refractivity contribution in [3.05, 3.63) is 89.8 Å². The summed E-state index contributed by atoms with van der Waals surface area (Å²) in [4.78, 5) is 4.05. The van der Waals surface area contributed by atoms with Crippen molar-refractivity contribution in [1.29, 1.82) is 0 Å². The van der Waals surface area contributed by atoms with Gasteiger partial charge >= 0.3 is 0 Å². The first kappa shape index (κ1) is 20.3. The monoisotopic (exact) mass is 464 g/mol. The summed E-state index contributed by atoms with van der Waals surface area (Å²) < 4.78 is 21.1. The van der Waals surface area contributed by atoms with Crippen molar-refractivity contribution in [2.24, 2.45) is 0 Å². The average Bonchev–Trinajstić information content (AvgIpc) is 3.47. The van der Waals surface area contributed by atoms with Crippen LogP contribution in [0.4, 0.5) is 4.39 Å². The molecule has 3 aromatic heterocycles. The maximum Gasteiger partial charge on any atom is 0.247 e. The molecule has 0 aliphatic carbocycles. The van der Waals surface area contributed by atoms with Crippen LogP contribution in [-0.2, 0) is 5.75 Å². The van der Waals surface area contributed by atoms with Crippen LogP contribution >= 0.6 is 23.4 Å². The van der Waals surface area contributed by atoms with Gasteiger partial charge in [-0.3, -0.25) is 9.55 Å². The summed E-state index contributed by atoms with van der Waals surface area (Å²) in [6.45, 7) is 0. The maximum atomic E-state index is 13.5. The zero-order chi connectivity index (χ0) is 21.9. The Bertz CT molecular complexity index is 1340. The van der Waals surface area contributed by atoms with Crippen molar-refractivity contribution in [2.45, 2.75) is 10.9 Å². The molecule has 7 nitrogen and oxygen atoms in total. The van der Waals surface area contributed by atoms with Crippen LogP contribution in [0.3, 0.4) is 0 Å². The molecule has 0 aliphatic rings. The lowest BCUT2D eigenvalue weighted by Gasteiger charge is -2.09. The Hall–Kier alpha value is -3.56. The van der Waals surface area contributed by atoms with Gasteiger partial charge in [-0.15, -0.1) is 20.4 Å². The molecule has 0 atom stereocenters. The molecule has 32 heavy (non-hydrogen) atoms. The summed E-state index contributed by atoms with van der Waals surface area (Å²) >= 11 is 7.32. The fraction of sp³-hybridized carbons (Fsp3) is 0.0455. The van der Waals surface area contributed by atoms with Gasteiger partial charge in [-0.25, -0.2) is 4.39 Å². The molecule has 2 aromatic carbocycles. The van der Waals surface area contributed by atoms with Crippen molar-refractivity contribution in [3.63, 3.8) is 0 Å². The molecular weight excluding hydrogens is 451 g/mol. The number of rotatable bonds is 6. The van der Waals surface area contributed by atoms with Gasteiger partial charge in [0, 0.05) is 34.2 Å². The predicted octanol–water partition coefficient (Wildman–Crippen LogP) is 5.46. The second-order valence-electron chi connectivity index (χ2n) is 6.65. The smallest absolute Gasteiger partial charge is 0.247 e. The largest absolute Gasteiger partial charge is 0.420 e. The van der Waals surface area contributed by atoms with E-state index in [1.807, 2.05) is 28.8 Å². The van der Waals surface area contributed by atoms with Gasteiger partial charge in [0.25, 0.3) is 0 Å². The van der Waals surface area contributed by atoms with Crippen molar-refractivity contribution in [2.75, 3.05) is 0 Å². The molecule has 5 rings (SSSR count). The highest BCUT2D eigenvalue weighted by Gasteiger charge is 2.18. The van der Waals surface area contributed by atoms with Gasteiger partial charge in [0.15, 0.2) is 11.0 Å². The summed E-state index contributed by atoms with van der Waals surface area (Å²) in [5.41, 5.74) is 2.36. The van der Waals surface area contributed by atoms with Gasteiger partial charge in [0.1, 0.15) is 5.82 Å². The Kier molecular flexibility index (Phi) is 5.66. The molecule has 0 amide bonds. The highest BCUT2D eigenvalue weighted by Crippen LogP contribution is 2.30. The number of benzene rings is 2. The van der Waals surface area contributed by atoms with E-state index in [0.717, 1.165) is 16.8 Å². The van der Waals surface area contributed by atoms with Gasteiger partial charge < -0.3 is 4.42 Å². The molecule has 0 bridgehead atoms. The maximum absolute atomic E-state index is 13.5. The summed E-state index contributed by atoms with van der Waals surface area (Å²) in [6.07, 6.45) is 3.37. The van der Waals surface area contributed by atoms with Crippen LogP contribution < -0.4 is 0 Å². The molecule has 5 aromatic rings. The van der Waals surface area contributed by atoms with E-state index in [1.54, 1.807) is 36.7 Å². The van der Waals surface area contributed by atoms with Crippen LogP contribution in [-0.4, -0.2) is 29.9 Å². The third-order valence-electron chi connectivity index (χ3n) is 4.54. The molecule has 3 heterocycles. The Morgan fingerprint density at radius 3 is 2.34 bits per heavy atom. The van der Waals surface area contributed by atoms with Gasteiger partial charge in [0.2, 0.25) is 11.8 Å². The molecule has 0 fully saturated rings. The topological polar surface area (TPSA) is 82.5 Å². The highest BCUT2D eigenvalue weighted by molar-refractivity contribution is 7.98. The molecule has 0 spiro atoms. The molecule has 0 saturated heterocycles. The Morgan fingerprint density at radius 1 is 0.844 bits per heavy atom. The molecule has 0 N–H and O–H groups in total. The average molecular weight is 465 g/mol. The van der Waals surface area contributed by atoms with Crippen LogP contribution in [0, 0.1) is 5.82 Å². The molecule has 0 unspecified atom stereocenters. The van der Waals surface area contributed by atoms with Gasteiger partial charge in [-0.1, -0.05) is 23.4 Å². The van der Waals surface area contributed by atoms with E-state index >= 15 is 0 Å². The SMILES string of the molecule is Fc1ccc(-n2c(SCc3nnc(-c4ccc(Cl)cc4)o3)nnc2-c2ccncc2)cc1. The normalized spacial score (nSPS) is 11.1. The predicted molar refractivity (Wildman–Crippen MR) is 119 cm³/mol.